The summed E-state index contributed by atoms with van der Waals surface area (Å²) in [5, 5.41) is 45.1. The van der Waals surface area contributed by atoms with Crippen molar-refractivity contribution in [2.75, 3.05) is 19.7 Å². The Hall–Kier alpha value is -1.30. The third-order valence-corrected chi connectivity index (χ3v) is 3.46. The van der Waals surface area contributed by atoms with Crippen LogP contribution in [0.3, 0.4) is 0 Å². The van der Waals surface area contributed by atoms with Gasteiger partial charge in [0.15, 0.2) is 12.1 Å². The number of aromatic nitrogens is 3. The molecule has 10 nitrogen and oxygen atoms in total. The molecule has 0 aromatic carbocycles. The first-order valence-corrected chi connectivity index (χ1v) is 6.60. The standard InChI is InChI=1S/C11H17N5O5.ClH/c17-3-6-7(19)8(20)11(21-6)16-4-14-10(15-16)9-12-1-5(18)2-13-9;/h4-8,11,17-20H,1-3H2,(H,12,13);1H/t6-,7-,8-,11-;/m1./s1. The summed E-state index contributed by atoms with van der Waals surface area (Å²) in [5.41, 5.74) is 0. The van der Waals surface area contributed by atoms with Gasteiger partial charge < -0.3 is 30.5 Å². The summed E-state index contributed by atoms with van der Waals surface area (Å²) in [7, 11) is 0. The van der Waals surface area contributed by atoms with E-state index in [0.717, 1.165) is 0 Å². The van der Waals surface area contributed by atoms with Crippen molar-refractivity contribution in [1.82, 2.24) is 20.1 Å². The largest absolute Gasteiger partial charge is 0.394 e. The molecule has 0 spiro atoms. The molecule has 0 aliphatic carbocycles. The molecule has 0 amide bonds. The van der Waals surface area contributed by atoms with Gasteiger partial charge in [-0.3, -0.25) is 4.99 Å². The lowest BCUT2D eigenvalue weighted by molar-refractivity contribution is -0.0588. The van der Waals surface area contributed by atoms with Crippen LogP contribution in [-0.2, 0) is 4.74 Å². The number of aliphatic hydroxyl groups excluding tert-OH is 4. The second-order valence-electron chi connectivity index (χ2n) is 5.00. The van der Waals surface area contributed by atoms with Gasteiger partial charge in [-0.25, -0.2) is 9.67 Å². The number of ether oxygens (including phenoxy) is 1. The average Bonchev–Trinajstić information content (AvgIpc) is 3.07. The fourth-order valence-electron chi connectivity index (χ4n) is 2.29. The zero-order chi connectivity index (χ0) is 15.0. The van der Waals surface area contributed by atoms with E-state index in [9.17, 15) is 15.3 Å². The molecule has 0 radical (unpaired) electrons. The normalized spacial score (nSPS) is 34.7. The molecule has 1 saturated heterocycles. The van der Waals surface area contributed by atoms with Crippen molar-refractivity contribution in [2.45, 2.75) is 30.6 Å². The predicted octanol–water partition coefficient (Wildman–Crippen LogP) is -2.98. The lowest BCUT2D eigenvalue weighted by Crippen LogP contribution is -2.40. The summed E-state index contributed by atoms with van der Waals surface area (Å²) in [6.45, 7) is 0.231. The maximum Gasteiger partial charge on any atom is 0.216 e. The number of hydrogen-bond donors (Lipinski definition) is 5. The minimum Gasteiger partial charge on any atom is -0.394 e. The van der Waals surface area contributed by atoms with E-state index < -0.39 is 37.3 Å². The van der Waals surface area contributed by atoms with Gasteiger partial charge in [0, 0.05) is 6.54 Å². The highest BCUT2D eigenvalue weighted by Gasteiger charge is 2.44. The minimum absolute atomic E-state index is 0. The number of rotatable bonds is 3. The molecule has 1 aromatic rings. The van der Waals surface area contributed by atoms with Crippen LogP contribution in [0.25, 0.3) is 0 Å². The molecule has 3 heterocycles. The number of amidine groups is 1. The van der Waals surface area contributed by atoms with E-state index in [1.165, 1.54) is 11.0 Å². The molecule has 2 aliphatic heterocycles. The molecule has 2 aliphatic rings. The Labute approximate surface area is 131 Å². The molecular weight excluding hydrogens is 318 g/mol. The molecule has 1 fully saturated rings. The van der Waals surface area contributed by atoms with Gasteiger partial charge in [0.25, 0.3) is 0 Å². The van der Waals surface area contributed by atoms with Gasteiger partial charge >= 0.3 is 0 Å². The van der Waals surface area contributed by atoms with Crippen LogP contribution in [0.1, 0.15) is 12.1 Å². The van der Waals surface area contributed by atoms with Crippen LogP contribution in [0, 0.1) is 0 Å². The lowest BCUT2D eigenvalue weighted by atomic mass is 10.1. The van der Waals surface area contributed by atoms with Gasteiger partial charge in [0.05, 0.1) is 19.3 Å². The number of β-amino-alcohol motifs (C(OH)–C–C–N with tert-alkyl or cyclic N) is 1. The van der Waals surface area contributed by atoms with Crippen molar-refractivity contribution >= 4 is 18.2 Å². The van der Waals surface area contributed by atoms with Crippen molar-refractivity contribution in [3.63, 3.8) is 0 Å². The van der Waals surface area contributed by atoms with Gasteiger partial charge in [-0.05, 0) is 0 Å². The van der Waals surface area contributed by atoms with Gasteiger partial charge in [0.1, 0.15) is 24.6 Å². The molecular formula is C11H18ClN5O5. The molecule has 3 rings (SSSR count). The smallest absolute Gasteiger partial charge is 0.216 e. The van der Waals surface area contributed by atoms with Crippen LogP contribution < -0.4 is 5.32 Å². The first kappa shape index (κ1) is 17.1. The highest BCUT2D eigenvalue weighted by molar-refractivity contribution is 5.95. The summed E-state index contributed by atoms with van der Waals surface area (Å²) in [5.74, 6) is 0.755. The van der Waals surface area contributed by atoms with Gasteiger partial charge in [-0.2, -0.15) is 0 Å². The zero-order valence-corrected chi connectivity index (χ0v) is 12.3. The van der Waals surface area contributed by atoms with Crippen molar-refractivity contribution in [3.05, 3.63) is 12.2 Å². The second-order valence-corrected chi connectivity index (χ2v) is 5.00. The molecule has 11 heteroatoms. The first-order chi connectivity index (χ1) is 10.1. The van der Waals surface area contributed by atoms with E-state index >= 15 is 0 Å². The molecule has 1 aromatic heterocycles. The summed E-state index contributed by atoms with van der Waals surface area (Å²) < 4.78 is 6.62. The molecule has 0 bridgehead atoms. The number of nitrogens with zero attached hydrogens (tertiary/aromatic N) is 4. The SMILES string of the molecule is Cl.OC[C@H]1O[C@@H](n2cnc(C3=NCC(O)CN3)n2)[C@H](O)[C@@H]1O. The van der Waals surface area contributed by atoms with Crippen LogP contribution >= 0.6 is 12.4 Å². The Balaban J connectivity index is 0.00000176. The number of halogens is 1. The average molecular weight is 336 g/mol. The highest BCUT2D eigenvalue weighted by Crippen LogP contribution is 2.28. The Morgan fingerprint density at radius 2 is 2.09 bits per heavy atom. The summed E-state index contributed by atoms with van der Waals surface area (Å²) in [4.78, 5) is 8.17. The van der Waals surface area contributed by atoms with E-state index in [0.29, 0.717) is 18.2 Å². The Bertz CT molecular complexity index is 541. The van der Waals surface area contributed by atoms with Crippen molar-refractivity contribution < 1.29 is 25.2 Å². The molecule has 22 heavy (non-hydrogen) atoms. The Morgan fingerprint density at radius 1 is 1.32 bits per heavy atom. The number of aliphatic imine (C=N–C) groups is 1. The van der Waals surface area contributed by atoms with E-state index in [-0.39, 0.29) is 19.0 Å². The molecule has 5 atom stereocenters. The van der Waals surface area contributed by atoms with Crippen molar-refractivity contribution in [1.29, 1.82) is 0 Å². The molecule has 124 valence electrons. The van der Waals surface area contributed by atoms with Gasteiger partial charge in [-0.15, -0.1) is 17.5 Å². The maximum atomic E-state index is 9.91. The van der Waals surface area contributed by atoms with Crippen LogP contribution in [0.15, 0.2) is 11.3 Å². The monoisotopic (exact) mass is 335 g/mol. The minimum atomic E-state index is -1.21. The van der Waals surface area contributed by atoms with Crippen molar-refractivity contribution in [2.24, 2.45) is 4.99 Å². The number of aliphatic hydroxyl groups is 4. The lowest BCUT2D eigenvalue weighted by Gasteiger charge is -2.17. The summed E-state index contributed by atoms with van der Waals surface area (Å²) in [6.07, 6.45) is -3.36. The molecule has 1 unspecified atom stereocenters. The van der Waals surface area contributed by atoms with Gasteiger partial charge in [0.2, 0.25) is 5.82 Å². The van der Waals surface area contributed by atoms with E-state index in [1.54, 1.807) is 0 Å². The van der Waals surface area contributed by atoms with Crippen LogP contribution in [-0.4, -0.2) is 85.1 Å². The van der Waals surface area contributed by atoms with E-state index in [4.69, 9.17) is 9.84 Å². The number of nitrogens with one attached hydrogen (secondary N) is 1. The van der Waals surface area contributed by atoms with E-state index in [2.05, 4.69) is 20.4 Å². The number of hydrogen-bond acceptors (Lipinski definition) is 9. The third-order valence-electron chi connectivity index (χ3n) is 3.46. The third kappa shape index (κ3) is 3.07. The Morgan fingerprint density at radius 3 is 2.68 bits per heavy atom. The second kappa shape index (κ2) is 6.86. The molecule has 5 N–H and O–H groups in total. The molecule has 0 saturated carbocycles. The summed E-state index contributed by atoms with van der Waals surface area (Å²) >= 11 is 0. The first-order valence-electron chi connectivity index (χ1n) is 6.60. The zero-order valence-electron chi connectivity index (χ0n) is 11.5. The van der Waals surface area contributed by atoms with E-state index in [1.807, 2.05) is 0 Å². The topological polar surface area (TPSA) is 145 Å². The fourth-order valence-corrected chi connectivity index (χ4v) is 2.29. The van der Waals surface area contributed by atoms with Crippen LogP contribution in [0.4, 0.5) is 0 Å². The Kier molecular flexibility index (Phi) is 5.32. The summed E-state index contributed by atoms with van der Waals surface area (Å²) in [6, 6.07) is 0. The highest BCUT2D eigenvalue weighted by atomic mass is 35.5. The predicted molar refractivity (Wildman–Crippen MR) is 75.7 cm³/mol. The van der Waals surface area contributed by atoms with Crippen LogP contribution in [0.5, 0.6) is 0 Å². The van der Waals surface area contributed by atoms with Crippen molar-refractivity contribution in [3.8, 4) is 0 Å². The quantitative estimate of drug-likeness (QED) is 0.393. The van der Waals surface area contributed by atoms with Gasteiger partial charge in [-0.1, -0.05) is 0 Å². The fraction of sp³-hybridized carbons (Fsp3) is 0.727. The maximum absolute atomic E-state index is 9.91. The van der Waals surface area contributed by atoms with Crippen LogP contribution in [0.2, 0.25) is 0 Å².